The number of carbonyl (C=O) groups is 2. The lowest BCUT2D eigenvalue weighted by Crippen LogP contribution is -2.45. The molecule has 1 amide bonds. The second-order valence-electron chi connectivity index (χ2n) is 5.53. The fraction of sp³-hybridized carbons (Fsp3) is 0.500. The molecule has 1 unspecified atom stereocenters. The lowest BCUT2D eigenvalue weighted by Gasteiger charge is -2.30. The Balaban J connectivity index is 1.83. The Kier molecular flexibility index (Phi) is 4.90. The van der Waals surface area contributed by atoms with Crippen molar-refractivity contribution >= 4 is 11.7 Å². The van der Waals surface area contributed by atoms with Crippen LogP contribution in [0.2, 0.25) is 0 Å². The van der Waals surface area contributed by atoms with E-state index in [0.717, 1.165) is 24.9 Å². The van der Waals surface area contributed by atoms with Gasteiger partial charge in [-0.1, -0.05) is 29.8 Å². The molecule has 0 spiro atoms. The highest BCUT2D eigenvalue weighted by Gasteiger charge is 2.21. The number of benzene rings is 1. The first kappa shape index (κ1) is 14.7. The van der Waals surface area contributed by atoms with Crippen LogP contribution in [0.5, 0.6) is 0 Å². The number of aryl methyl sites for hydroxylation is 1. The van der Waals surface area contributed by atoms with Crippen LogP contribution in [0.4, 0.5) is 0 Å². The maximum atomic E-state index is 12.1. The van der Waals surface area contributed by atoms with Gasteiger partial charge in [-0.15, -0.1) is 0 Å². The zero-order valence-corrected chi connectivity index (χ0v) is 12.0. The van der Waals surface area contributed by atoms with Crippen LogP contribution in [-0.2, 0) is 4.79 Å². The predicted molar refractivity (Wildman–Crippen MR) is 78.5 cm³/mol. The number of hydrogen-bond acceptors (Lipinski definition) is 3. The van der Waals surface area contributed by atoms with Gasteiger partial charge in [-0.25, -0.2) is 0 Å². The van der Waals surface area contributed by atoms with E-state index in [9.17, 15) is 9.59 Å². The van der Waals surface area contributed by atoms with Crippen molar-refractivity contribution in [2.24, 2.45) is 5.73 Å². The summed E-state index contributed by atoms with van der Waals surface area (Å²) in [5, 5.41) is 0. The first-order valence-corrected chi connectivity index (χ1v) is 7.19. The van der Waals surface area contributed by atoms with Crippen molar-refractivity contribution in [3.8, 4) is 0 Å². The summed E-state index contributed by atoms with van der Waals surface area (Å²) in [6.45, 7) is 3.38. The lowest BCUT2D eigenvalue weighted by atomic mass is 10.0. The summed E-state index contributed by atoms with van der Waals surface area (Å²) in [7, 11) is 0. The summed E-state index contributed by atoms with van der Waals surface area (Å²) in [6.07, 6.45) is 2.48. The van der Waals surface area contributed by atoms with Crippen molar-refractivity contribution in [2.75, 3.05) is 13.1 Å². The number of Topliss-reactive ketones (excluding diaryl/α,β-unsaturated/α-hetero) is 1. The molecule has 1 saturated heterocycles. The van der Waals surface area contributed by atoms with E-state index >= 15 is 0 Å². The number of hydrogen-bond donors (Lipinski definition) is 1. The van der Waals surface area contributed by atoms with Crippen LogP contribution >= 0.6 is 0 Å². The molecule has 2 N–H and O–H groups in total. The minimum atomic E-state index is 0.0275. The third-order valence-electron chi connectivity index (χ3n) is 3.75. The van der Waals surface area contributed by atoms with Crippen molar-refractivity contribution in [3.05, 3.63) is 35.4 Å². The molecule has 20 heavy (non-hydrogen) atoms. The van der Waals surface area contributed by atoms with E-state index in [1.807, 2.05) is 31.2 Å². The maximum absolute atomic E-state index is 12.1. The van der Waals surface area contributed by atoms with Crippen molar-refractivity contribution in [1.29, 1.82) is 0 Å². The molecular formula is C16H22N2O2. The smallest absolute Gasteiger partial charge is 0.223 e. The van der Waals surface area contributed by atoms with Crippen LogP contribution in [-0.4, -0.2) is 35.7 Å². The van der Waals surface area contributed by atoms with Crippen LogP contribution in [0.1, 0.15) is 41.6 Å². The van der Waals surface area contributed by atoms with Crippen molar-refractivity contribution < 1.29 is 9.59 Å². The van der Waals surface area contributed by atoms with E-state index in [4.69, 9.17) is 5.73 Å². The predicted octanol–water partition coefficient (Wildman–Crippen LogP) is 1.91. The zero-order chi connectivity index (χ0) is 14.5. The Morgan fingerprint density at radius 1 is 1.25 bits per heavy atom. The maximum Gasteiger partial charge on any atom is 0.223 e. The SMILES string of the molecule is Cc1ccc(C(=O)CCC(=O)N2CCCC(N)C2)cc1. The van der Waals surface area contributed by atoms with Crippen LogP contribution in [0.25, 0.3) is 0 Å². The minimum Gasteiger partial charge on any atom is -0.341 e. The summed E-state index contributed by atoms with van der Waals surface area (Å²) < 4.78 is 0. The Hall–Kier alpha value is -1.68. The van der Waals surface area contributed by atoms with E-state index in [1.165, 1.54) is 0 Å². The number of likely N-dealkylation sites (tertiary alicyclic amines) is 1. The molecule has 1 fully saturated rings. The molecule has 1 aliphatic heterocycles. The second-order valence-corrected chi connectivity index (χ2v) is 5.53. The number of amides is 1. The van der Waals surface area contributed by atoms with Crippen LogP contribution in [0, 0.1) is 6.92 Å². The first-order valence-electron chi connectivity index (χ1n) is 7.19. The van der Waals surface area contributed by atoms with Crippen molar-refractivity contribution in [3.63, 3.8) is 0 Å². The quantitative estimate of drug-likeness (QED) is 0.853. The molecular weight excluding hydrogens is 252 g/mol. The van der Waals surface area contributed by atoms with Gasteiger partial charge >= 0.3 is 0 Å². The van der Waals surface area contributed by atoms with Gasteiger partial charge < -0.3 is 10.6 Å². The molecule has 4 heteroatoms. The van der Waals surface area contributed by atoms with Crippen LogP contribution in [0.15, 0.2) is 24.3 Å². The van der Waals surface area contributed by atoms with Gasteiger partial charge in [0, 0.05) is 37.5 Å². The molecule has 0 aromatic heterocycles. The molecule has 0 saturated carbocycles. The minimum absolute atomic E-state index is 0.0275. The number of rotatable bonds is 4. The largest absolute Gasteiger partial charge is 0.341 e. The van der Waals surface area contributed by atoms with E-state index in [-0.39, 0.29) is 30.6 Å². The number of nitrogens with zero attached hydrogens (tertiary/aromatic N) is 1. The summed E-state index contributed by atoms with van der Waals surface area (Å²) in [4.78, 5) is 25.9. The number of ketones is 1. The molecule has 2 rings (SSSR count). The number of piperidine rings is 1. The Morgan fingerprint density at radius 2 is 1.95 bits per heavy atom. The molecule has 1 aromatic carbocycles. The van der Waals surface area contributed by atoms with E-state index in [0.29, 0.717) is 12.1 Å². The zero-order valence-electron chi connectivity index (χ0n) is 12.0. The van der Waals surface area contributed by atoms with Crippen molar-refractivity contribution in [2.45, 2.75) is 38.6 Å². The molecule has 4 nitrogen and oxygen atoms in total. The third-order valence-corrected chi connectivity index (χ3v) is 3.75. The van der Waals surface area contributed by atoms with Gasteiger partial charge in [0.15, 0.2) is 5.78 Å². The Labute approximate surface area is 119 Å². The normalized spacial score (nSPS) is 18.9. The number of nitrogens with two attached hydrogens (primary N) is 1. The van der Waals surface area contributed by atoms with Gasteiger partial charge in [-0.3, -0.25) is 9.59 Å². The van der Waals surface area contributed by atoms with Gasteiger partial charge in [-0.05, 0) is 19.8 Å². The van der Waals surface area contributed by atoms with Crippen LogP contribution in [0.3, 0.4) is 0 Å². The second kappa shape index (κ2) is 6.66. The highest BCUT2D eigenvalue weighted by atomic mass is 16.2. The number of carbonyl (C=O) groups excluding carboxylic acids is 2. The highest BCUT2D eigenvalue weighted by Crippen LogP contribution is 2.12. The monoisotopic (exact) mass is 274 g/mol. The third kappa shape index (κ3) is 3.90. The highest BCUT2D eigenvalue weighted by molar-refractivity contribution is 5.97. The molecule has 0 bridgehead atoms. The molecule has 0 aliphatic carbocycles. The van der Waals surface area contributed by atoms with Gasteiger partial charge in [0.1, 0.15) is 0 Å². The van der Waals surface area contributed by atoms with Gasteiger partial charge in [0.05, 0.1) is 0 Å². The summed E-state index contributed by atoms with van der Waals surface area (Å²) in [5.74, 6) is 0.0697. The van der Waals surface area contributed by atoms with Crippen molar-refractivity contribution in [1.82, 2.24) is 4.90 Å². The molecule has 1 aliphatic rings. The average Bonchev–Trinajstić information content (AvgIpc) is 2.45. The standard InChI is InChI=1S/C16H22N2O2/c1-12-4-6-13(7-5-12)15(19)8-9-16(20)18-10-2-3-14(17)11-18/h4-7,14H,2-3,8-11,17H2,1H3. The van der Waals surface area contributed by atoms with Gasteiger partial charge in [-0.2, -0.15) is 0 Å². The van der Waals surface area contributed by atoms with E-state index < -0.39 is 0 Å². The van der Waals surface area contributed by atoms with Gasteiger partial charge in [0.2, 0.25) is 5.91 Å². The summed E-state index contributed by atoms with van der Waals surface area (Å²) in [5.41, 5.74) is 7.67. The first-order chi connectivity index (χ1) is 9.56. The fourth-order valence-corrected chi connectivity index (χ4v) is 2.50. The summed E-state index contributed by atoms with van der Waals surface area (Å²) >= 11 is 0. The average molecular weight is 274 g/mol. The molecule has 1 atom stereocenters. The molecule has 1 aromatic rings. The molecule has 108 valence electrons. The Bertz CT molecular complexity index is 482. The lowest BCUT2D eigenvalue weighted by molar-refractivity contribution is -0.132. The van der Waals surface area contributed by atoms with E-state index in [2.05, 4.69) is 0 Å². The molecule has 1 heterocycles. The Morgan fingerprint density at radius 3 is 2.60 bits per heavy atom. The van der Waals surface area contributed by atoms with E-state index in [1.54, 1.807) is 4.90 Å². The van der Waals surface area contributed by atoms with Crippen LogP contribution < -0.4 is 5.73 Å². The summed E-state index contributed by atoms with van der Waals surface area (Å²) in [6, 6.07) is 7.55. The molecule has 0 radical (unpaired) electrons. The van der Waals surface area contributed by atoms with Gasteiger partial charge in [0.25, 0.3) is 0 Å². The topological polar surface area (TPSA) is 63.4 Å². The fourth-order valence-electron chi connectivity index (χ4n) is 2.50.